The lowest BCUT2D eigenvalue weighted by Gasteiger charge is -2.22. The Hall–Kier alpha value is -1.55. The molecule has 1 aromatic rings. The summed E-state index contributed by atoms with van der Waals surface area (Å²) >= 11 is 0. The number of para-hydroxylation sites is 1. The van der Waals surface area contributed by atoms with Crippen LogP contribution in [0.15, 0.2) is 18.2 Å². The largest absolute Gasteiger partial charge is 0.457 e. The number of nitrogens with two attached hydrogens (primary N) is 1. The maximum atomic E-state index is 11.9. The minimum atomic E-state index is -0.612. The third-order valence-electron chi connectivity index (χ3n) is 4.91. The van der Waals surface area contributed by atoms with Crippen LogP contribution < -0.4 is 10.5 Å². The van der Waals surface area contributed by atoms with E-state index in [1.165, 1.54) is 18.4 Å². The Morgan fingerprint density at radius 3 is 2.33 bits per heavy atom. The van der Waals surface area contributed by atoms with Crippen LogP contribution in [0, 0.1) is 11.8 Å². The van der Waals surface area contributed by atoms with Crippen LogP contribution in [0.2, 0.25) is 0 Å². The van der Waals surface area contributed by atoms with Crippen LogP contribution in [-0.4, -0.2) is 18.8 Å². The van der Waals surface area contributed by atoms with Crippen molar-refractivity contribution in [3.8, 4) is 5.75 Å². The van der Waals surface area contributed by atoms with Crippen LogP contribution >= 0.6 is 0 Å². The normalized spacial score (nSPS) is 17.0. The number of ether oxygens (including phenoxy) is 2. The van der Waals surface area contributed by atoms with Crippen molar-refractivity contribution in [3.05, 3.63) is 29.3 Å². The molecule has 1 fully saturated rings. The van der Waals surface area contributed by atoms with Gasteiger partial charge < -0.3 is 15.2 Å². The third kappa shape index (κ3) is 4.50. The molecular formula is C20H31NO3. The summed E-state index contributed by atoms with van der Waals surface area (Å²) < 4.78 is 11.2. The van der Waals surface area contributed by atoms with Gasteiger partial charge in [-0.1, -0.05) is 52.8 Å². The van der Waals surface area contributed by atoms with Crippen molar-refractivity contribution in [3.63, 3.8) is 0 Å². The van der Waals surface area contributed by atoms with E-state index >= 15 is 0 Å². The topological polar surface area (TPSA) is 61.5 Å². The van der Waals surface area contributed by atoms with E-state index in [2.05, 4.69) is 39.0 Å². The van der Waals surface area contributed by atoms with Gasteiger partial charge in [0, 0.05) is 0 Å². The molecule has 134 valence electrons. The first-order chi connectivity index (χ1) is 11.3. The molecule has 0 bridgehead atoms. The van der Waals surface area contributed by atoms with Crippen LogP contribution in [0.25, 0.3) is 0 Å². The molecule has 2 rings (SSSR count). The Balaban J connectivity index is 2.11. The van der Waals surface area contributed by atoms with Crippen LogP contribution in [0.4, 0.5) is 0 Å². The second-order valence-corrected chi connectivity index (χ2v) is 7.54. The van der Waals surface area contributed by atoms with Gasteiger partial charge in [-0.3, -0.25) is 4.79 Å². The standard InChI is InChI=1S/C20H31NO3/c1-12(2)16-7-6-8-17(14(5)15-9-10-15)19(16)23-11-24-20(22)18(21)13(3)4/h6-8,12-15,18H,9-11,21H2,1-5H3/t14-,18+/m1/s1. The van der Waals surface area contributed by atoms with Crippen LogP contribution in [0.1, 0.15) is 70.4 Å². The lowest BCUT2D eigenvalue weighted by molar-refractivity contribution is -0.152. The number of rotatable bonds is 8. The van der Waals surface area contributed by atoms with Gasteiger partial charge in [-0.25, -0.2) is 0 Å². The highest BCUT2D eigenvalue weighted by molar-refractivity contribution is 5.75. The quantitative estimate of drug-likeness (QED) is 0.572. The van der Waals surface area contributed by atoms with Crippen molar-refractivity contribution in [2.24, 2.45) is 17.6 Å². The molecule has 2 N–H and O–H groups in total. The molecule has 0 unspecified atom stereocenters. The minimum absolute atomic E-state index is 0.0471. The highest BCUT2D eigenvalue weighted by Gasteiger charge is 2.31. The fraction of sp³-hybridized carbons (Fsp3) is 0.650. The van der Waals surface area contributed by atoms with Crippen molar-refractivity contribution < 1.29 is 14.3 Å². The molecule has 0 aromatic heterocycles. The van der Waals surface area contributed by atoms with E-state index in [1.54, 1.807) is 0 Å². The first kappa shape index (κ1) is 18.8. The summed E-state index contributed by atoms with van der Waals surface area (Å²) in [6.45, 7) is 10.3. The monoisotopic (exact) mass is 333 g/mol. The molecule has 1 aromatic carbocycles. The van der Waals surface area contributed by atoms with Crippen LogP contribution in [-0.2, 0) is 9.53 Å². The Kier molecular flexibility index (Phi) is 6.27. The van der Waals surface area contributed by atoms with E-state index in [9.17, 15) is 4.79 Å². The van der Waals surface area contributed by atoms with E-state index in [1.807, 2.05) is 13.8 Å². The van der Waals surface area contributed by atoms with Gasteiger partial charge in [-0.2, -0.15) is 0 Å². The average Bonchev–Trinajstić information content (AvgIpc) is 3.37. The van der Waals surface area contributed by atoms with Crippen molar-refractivity contribution in [1.82, 2.24) is 0 Å². The summed E-state index contributed by atoms with van der Waals surface area (Å²) in [4.78, 5) is 11.9. The van der Waals surface area contributed by atoms with Crippen molar-refractivity contribution in [2.45, 2.75) is 65.3 Å². The molecule has 1 aliphatic rings. The molecule has 0 heterocycles. The predicted molar refractivity (Wildman–Crippen MR) is 96.1 cm³/mol. The van der Waals surface area contributed by atoms with Crippen molar-refractivity contribution in [2.75, 3.05) is 6.79 Å². The number of hydrogen-bond acceptors (Lipinski definition) is 4. The molecule has 1 saturated carbocycles. The third-order valence-corrected chi connectivity index (χ3v) is 4.91. The molecular weight excluding hydrogens is 302 g/mol. The second kappa shape index (κ2) is 8.02. The Morgan fingerprint density at radius 2 is 1.79 bits per heavy atom. The van der Waals surface area contributed by atoms with E-state index in [0.717, 1.165) is 17.2 Å². The molecule has 4 nitrogen and oxygen atoms in total. The molecule has 1 aliphatic carbocycles. The zero-order valence-corrected chi connectivity index (χ0v) is 15.5. The highest BCUT2D eigenvalue weighted by atomic mass is 16.7. The van der Waals surface area contributed by atoms with Crippen molar-refractivity contribution in [1.29, 1.82) is 0 Å². The van der Waals surface area contributed by atoms with E-state index in [0.29, 0.717) is 11.8 Å². The summed E-state index contributed by atoms with van der Waals surface area (Å²) in [5.41, 5.74) is 8.19. The van der Waals surface area contributed by atoms with Gasteiger partial charge in [0.1, 0.15) is 11.8 Å². The van der Waals surface area contributed by atoms with E-state index in [-0.39, 0.29) is 12.7 Å². The highest BCUT2D eigenvalue weighted by Crippen LogP contribution is 2.46. The Morgan fingerprint density at radius 1 is 1.17 bits per heavy atom. The van der Waals surface area contributed by atoms with Gasteiger partial charge >= 0.3 is 5.97 Å². The lowest BCUT2D eigenvalue weighted by atomic mass is 9.90. The molecule has 2 atom stereocenters. The first-order valence-electron chi connectivity index (χ1n) is 9.00. The molecule has 0 spiro atoms. The molecule has 4 heteroatoms. The summed E-state index contributed by atoms with van der Waals surface area (Å²) in [6.07, 6.45) is 2.56. The van der Waals surface area contributed by atoms with Gasteiger partial charge in [0.05, 0.1) is 0 Å². The van der Waals surface area contributed by atoms with Gasteiger partial charge in [-0.15, -0.1) is 0 Å². The van der Waals surface area contributed by atoms with Crippen molar-refractivity contribution >= 4 is 5.97 Å². The molecule has 0 amide bonds. The number of esters is 1. The lowest BCUT2D eigenvalue weighted by Crippen LogP contribution is -2.37. The smallest absolute Gasteiger partial charge is 0.326 e. The maximum absolute atomic E-state index is 11.9. The molecule has 0 radical (unpaired) electrons. The maximum Gasteiger partial charge on any atom is 0.326 e. The SMILES string of the molecule is CC(C)c1cccc([C@H](C)C2CC2)c1OCOC(=O)[C@@H](N)C(C)C. The van der Waals surface area contributed by atoms with E-state index in [4.69, 9.17) is 15.2 Å². The molecule has 24 heavy (non-hydrogen) atoms. The van der Waals surface area contributed by atoms with Crippen LogP contribution in [0.5, 0.6) is 5.75 Å². The number of benzene rings is 1. The van der Waals surface area contributed by atoms with Gasteiger partial charge in [0.2, 0.25) is 6.79 Å². The first-order valence-corrected chi connectivity index (χ1v) is 9.00. The summed E-state index contributed by atoms with van der Waals surface area (Å²) in [5.74, 6) is 2.06. The van der Waals surface area contributed by atoms with Crippen LogP contribution in [0.3, 0.4) is 0 Å². The Labute approximate surface area is 145 Å². The summed E-state index contributed by atoms with van der Waals surface area (Å²) in [5, 5.41) is 0. The zero-order valence-electron chi connectivity index (χ0n) is 15.5. The summed E-state index contributed by atoms with van der Waals surface area (Å²) in [7, 11) is 0. The number of hydrogen-bond donors (Lipinski definition) is 1. The average molecular weight is 333 g/mol. The molecule has 0 saturated heterocycles. The fourth-order valence-corrected chi connectivity index (χ4v) is 2.92. The van der Waals surface area contributed by atoms with E-state index < -0.39 is 12.0 Å². The fourth-order valence-electron chi connectivity index (χ4n) is 2.92. The summed E-state index contributed by atoms with van der Waals surface area (Å²) in [6, 6.07) is 5.70. The predicted octanol–water partition coefficient (Wildman–Crippen LogP) is 4.19. The van der Waals surface area contributed by atoms with Gasteiger partial charge in [0.15, 0.2) is 0 Å². The minimum Gasteiger partial charge on any atom is -0.457 e. The zero-order chi connectivity index (χ0) is 17.9. The number of carbonyl (C=O) groups excluding carboxylic acids is 1. The van der Waals surface area contributed by atoms with Gasteiger partial charge in [-0.05, 0) is 47.6 Å². The molecule has 0 aliphatic heterocycles. The number of carbonyl (C=O) groups is 1. The Bertz CT molecular complexity index is 564. The van der Waals surface area contributed by atoms with Gasteiger partial charge in [0.25, 0.3) is 0 Å². The second-order valence-electron chi connectivity index (χ2n) is 7.54.